The molecule has 124 valence electrons. The van der Waals surface area contributed by atoms with E-state index >= 15 is 0 Å². The van der Waals surface area contributed by atoms with Crippen molar-refractivity contribution in [1.82, 2.24) is 0 Å². The van der Waals surface area contributed by atoms with Gasteiger partial charge >= 0.3 is 0 Å². The highest BCUT2D eigenvalue weighted by Gasteiger charge is 2.16. The summed E-state index contributed by atoms with van der Waals surface area (Å²) in [6.45, 7) is 1.80. The van der Waals surface area contributed by atoms with Gasteiger partial charge in [-0.25, -0.2) is 0 Å². The van der Waals surface area contributed by atoms with E-state index in [1.807, 2.05) is 6.07 Å². The fourth-order valence-electron chi connectivity index (χ4n) is 2.17. The molecular formula is C18H13N3O3S. The molecule has 0 saturated heterocycles. The van der Waals surface area contributed by atoms with Crippen molar-refractivity contribution in [3.8, 4) is 6.07 Å². The molecule has 2 heterocycles. The molecule has 25 heavy (non-hydrogen) atoms. The summed E-state index contributed by atoms with van der Waals surface area (Å²) in [5.41, 5.74) is 1.87. The van der Waals surface area contributed by atoms with Crippen LogP contribution in [0.5, 0.6) is 0 Å². The number of carbonyl (C=O) groups is 2. The number of benzene rings is 1. The molecule has 0 atom stereocenters. The SMILES string of the molecule is Cc1cc(NC(=O)c2ccco2)sc1C(=O)Nc1ccc(C#N)cc1. The van der Waals surface area contributed by atoms with Crippen molar-refractivity contribution in [3.05, 3.63) is 70.5 Å². The number of nitrogens with zero attached hydrogens (tertiary/aromatic N) is 1. The van der Waals surface area contributed by atoms with Crippen LogP contribution >= 0.6 is 11.3 Å². The topological polar surface area (TPSA) is 95.1 Å². The first-order chi connectivity index (χ1) is 12.1. The molecule has 0 aliphatic rings. The maximum absolute atomic E-state index is 12.4. The van der Waals surface area contributed by atoms with Gasteiger partial charge in [-0.2, -0.15) is 5.26 Å². The van der Waals surface area contributed by atoms with Crippen molar-refractivity contribution in [1.29, 1.82) is 5.26 Å². The van der Waals surface area contributed by atoms with Gasteiger partial charge in [-0.3, -0.25) is 9.59 Å². The molecule has 2 aromatic heterocycles. The maximum atomic E-state index is 12.4. The average Bonchev–Trinajstić information content (AvgIpc) is 3.25. The molecule has 6 nitrogen and oxygen atoms in total. The van der Waals surface area contributed by atoms with Gasteiger partial charge in [0, 0.05) is 5.69 Å². The molecule has 3 rings (SSSR count). The van der Waals surface area contributed by atoms with Gasteiger partial charge in [-0.1, -0.05) is 0 Å². The van der Waals surface area contributed by atoms with Crippen LogP contribution in [0.25, 0.3) is 0 Å². The molecule has 0 fully saturated rings. The third kappa shape index (κ3) is 3.76. The van der Waals surface area contributed by atoms with Crippen LogP contribution in [0, 0.1) is 18.3 Å². The molecule has 0 saturated carbocycles. The lowest BCUT2D eigenvalue weighted by Gasteiger charge is -2.04. The predicted molar refractivity (Wildman–Crippen MR) is 94.8 cm³/mol. The summed E-state index contributed by atoms with van der Waals surface area (Å²) < 4.78 is 5.04. The van der Waals surface area contributed by atoms with Crippen LogP contribution in [0.3, 0.4) is 0 Å². The second-order valence-corrected chi connectivity index (χ2v) is 6.25. The van der Waals surface area contributed by atoms with E-state index in [9.17, 15) is 9.59 Å². The molecule has 0 bridgehead atoms. The van der Waals surface area contributed by atoms with E-state index in [2.05, 4.69) is 10.6 Å². The van der Waals surface area contributed by atoms with E-state index in [1.165, 1.54) is 17.6 Å². The van der Waals surface area contributed by atoms with E-state index in [1.54, 1.807) is 49.4 Å². The van der Waals surface area contributed by atoms with Gasteiger partial charge in [0.15, 0.2) is 5.76 Å². The highest BCUT2D eigenvalue weighted by atomic mass is 32.1. The monoisotopic (exact) mass is 351 g/mol. The molecule has 0 spiro atoms. The summed E-state index contributed by atoms with van der Waals surface area (Å²) in [6.07, 6.45) is 1.42. The van der Waals surface area contributed by atoms with E-state index in [4.69, 9.17) is 9.68 Å². The van der Waals surface area contributed by atoms with Crippen molar-refractivity contribution in [2.45, 2.75) is 6.92 Å². The lowest BCUT2D eigenvalue weighted by atomic mass is 10.2. The number of carbonyl (C=O) groups excluding carboxylic acids is 2. The Morgan fingerprint density at radius 1 is 1.12 bits per heavy atom. The number of furan rings is 1. The fourth-order valence-corrected chi connectivity index (χ4v) is 3.13. The zero-order valence-corrected chi connectivity index (χ0v) is 14.0. The Kier molecular flexibility index (Phi) is 4.64. The second-order valence-electron chi connectivity index (χ2n) is 5.20. The highest BCUT2D eigenvalue weighted by Crippen LogP contribution is 2.28. The van der Waals surface area contributed by atoms with Gasteiger partial charge in [0.1, 0.15) is 0 Å². The highest BCUT2D eigenvalue weighted by molar-refractivity contribution is 7.18. The first-order valence-corrected chi connectivity index (χ1v) is 8.15. The number of hydrogen-bond acceptors (Lipinski definition) is 5. The minimum absolute atomic E-state index is 0.203. The number of nitrogens with one attached hydrogen (secondary N) is 2. The number of amides is 2. The Labute approximate surface area is 147 Å². The molecule has 2 N–H and O–H groups in total. The standard InChI is InChI=1S/C18H13N3O3S/c1-11-9-15(21-17(22)14-3-2-8-24-14)25-16(11)18(23)20-13-6-4-12(10-19)5-7-13/h2-9H,1H3,(H,20,23)(H,21,22). The maximum Gasteiger partial charge on any atom is 0.291 e. The van der Waals surface area contributed by atoms with Gasteiger partial charge < -0.3 is 15.1 Å². The summed E-state index contributed by atoms with van der Waals surface area (Å²) in [6, 6.07) is 13.5. The van der Waals surface area contributed by atoms with Crippen LogP contribution in [0.2, 0.25) is 0 Å². The van der Waals surface area contributed by atoms with Crippen molar-refractivity contribution in [3.63, 3.8) is 0 Å². The Hall–Kier alpha value is -3.37. The third-order valence-corrected chi connectivity index (χ3v) is 4.53. The van der Waals surface area contributed by atoms with Crippen molar-refractivity contribution < 1.29 is 14.0 Å². The van der Waals surface area contributed by atoms with Crippen LogP contribution < -0.4 is 10.6 Å². The van der Waals surface area contributed by atoms with Gasteiger partial charge in [0.25, 0.3) is 11.8 Å². The zero-order chi connectivity index (χ0) is 17.8. The van der Waals surface area contributed by atoms with Gasteiger partial charge in [-0.15, -0.1) is 11.3 Å². The zero-order valence-electron chi connectivity index (χ0n) is 13.2. The molecule has 2 amide bonds. The Balaban J connectivity index is 1.71. The first kappa shape index (κ1) is 16.5. The quantitative estimate of drug-likeness (QED) is 0.742. The molecular weight excluding hydrogens is 338 g/mol. The predicted octanol–water partition coefficient (Wildman–Crippen LogP) is 4.03. The number of thiophene rings is 1. The fraction of sp³-hybridized carbons (Fsp3) is 0.0556. The molecule has 1 aromatic carbocycles. The summed E-state index contributed by atoms with van der Waals surface area (Å²) in [5, 5.41) is 14.8. The van der Waals surface area contributed by atoms with Gasteiger partial charge in [0.2, 0.25) is 0 Å². The Morgan fingerprint density at radius 2 is 1.88 bits per heavy atom. The number of nitriles is 1. The number of anilines is 2. The number of rotatable bonds is 4. The summed E-state index contributed by atoms with van der Waals surface area (Å²) in [7, 11) is 0. The largest absolute Gasteiger partial charge is 0.459 e. The molecule has 0 radical (unpaired) electrons. The molecule has 3 aromatic rings. The van der Waals surface area contributed by atoms with E-state index in [0.29, 0.717) is 21.1 Å². The minimum Gasteiger partial charge on any atom is -0.459 e. The van der Waals surface area contributed by atoms with E-state index in [-0.39, 0.29) is 17.6 Å². The van der Waals surface area contributed by atoms with Crippen LogP contribution in [-0.4, -0.2) is 11.8 Å². The van der Waals surface area contributed by atoms with Crippen LogP contribution in [-0.2, 0) is 0 Å². The normalized spacial score (nSPS) is 10.1. The number of aryl methyl sites for hydroxylation is 1. The molecule has 0 unspecified atom stereocenters. The van der Waals surface area contributed by atoms with Crippen molar-refractivity contribution >= 4 is 33.8 Å². The molecule has 0 aliphatic heterocycles. The first-order valence-electron chi connectivity index (χ1n) is 7.33. The molecule has 0 aliphatic carbocycles. The summed E-state index contributed by atoms with van der Waals surface area (Å²) in [4.78, 5) is 24.9. The Bertz CT molecular complexity index is 951. The average molecular weight is 351 g/mol. The summed E-state index contributed by atoms with van der Waals surface area (Å²) in [5.74, 6) is -0.439. The molecule has 7 heteroatoms. The van der Waals surface area contributed by atoms with Gasteiger partial charge in [-0.05, 0) is 55.0 Å². The van der Waals surface area contributed by atoms with Crippen LogP contribution in [0.1, 0.15) is 31.4 Å². The van der Waals surface area contributed by atoms with E-state index < -0.39 is 0 Å². The smallest absolute Gasteiger partial charge is 0.291 e. The lowest BCUT2D eigenvalue weighted by Crippen LogP contribution is -2.11. The van der Waals surface area contributed by atoms with Crippen molar-refractivity contribution in [2.24, 2.45) is 0 Å². The number of hydrogen-bond donors (Lipinski definition) is 2. The van der Waals surface area contributed by atoms with Crippen LogP contribution in [0.15, 0.2) is 53.1 Å². The van der Waals surface area contributed by atoms with Gasteiger partial charge in [0.05, 0.1) is 27.8 Å². The third-order valence-electron chi connectivity index (χ3n) is 3.38. The minimum atomic E-state index is -0.370. The lowest BCUT2D eigenvalue weighted by molar-refractivity contribution is 0.0995. The summed E-state index contributed by atoms with van der Waals surface area (Å²) >= 11 is 1.18. The van der Waals surface area contributed by atoms with Crippen molar-refractivity contribution in [2.75, 3.05) is 10.6 Å². The van der Waals surface area contributed by atoms with E-state index in [0.717, 1.165) is 5.56 Å². The second kappa shape index (κ2) is 7.03. The Morgan fingerprint density at radius 3 is 2.52 bits per heavy atom. The van der Waals surface area contributed by atoms with Crippen LogP contribution in [0.4, 0.5) is 10.7 Å².